The van der Waals surface area contributed by atoms with Crippen LogP contribution in [0, 0.1) is 13.8 Å². The molecule has 4 nitrogen and oxygen atoms in total. The van der Waals surface area contributed by atoms with E-state index < -0.39 is 0 Å². The normalized spacial score (nSPS) is 11.6. The maximum atomic E-state index is 4.64. The molecule has 0 aliphatic rings. The van der Waals surface area contributed by atoms with E-state index in [1.165, 1.54) is 44.8 Å². The van der Waals surface area contributed by atoms with E-state index in [2.05, 4.69) is 126 Å². The fraction of sp³-hybridized carbons (Fsp3) is 0.528. The standard InChI is InChI=1S/C36H54N4.Fe/c1-24(2)31-19-28(9)20-32(25(3)4)35(31)38-15-17-40(23-30-13-11-12-14-37-30)18-16-39-36-33(26(5)6)21-29(10)22-34(36)27(7)8;/h11-14,19-22,24-27,38-39H,15-18,23H2,1-10H3;. The number of aromatic nitrogens is 1. The van der Waals surface area contributed by atoms with Gasteiger partial charge in [0.05, 0.1) is 5.69 Å². The van der Waals surface area contributed by atoms with Crippen LogP contribution in [0.3, 0.4) is 0 Å². The first-order valence-corrected chi connectivity index (χ1v) is 15.4. The van der Waals surface area contributed by atoms with Crippen LogP contribution in [0.1, 0.15) is 118 Å². The van der Waals surface area contributed by atoms with E-state index in [1.54, 1.807) is 0 Å². The molecule has 5 heteroatoms. The van der Waals surface area contributed by atoms with E-state index in [4.69, 9.17) is 0 Å². The van der Waals surface area contributed by atoms with Gasteiger partial charge >= 0.3 is 0 Å². The fourth-order valence-corrected chi connectivity index (χ4v) is 5.58. The van der Waals surface area contributed by atoms with Crippen LogP contribution < -0.4 is 10.6 Å². The predicted octanol–water partition coefficient (Wildman–Crippen LogP) is 9.22. The van der Waals surface area contributed by atoms with Gasteiger partial charge in [-0.2, -0.15) is 0 Å². The van der Waals surface area contributed by atoms with Gasteiger partial charge in [0.2, 0.25) is 0 Å². The molecule has 0 fully saturated rings. The van der Waals surface area contributed by atoms with Gasteiger partial charge in [-0.25, -0.2) is 0 Å². The molecular formula is C36H54FeN4. The number of nitrogens with one attached hydrogen (secondary N) is 2. The largest absolute Gasteiger partial charge is 0.383 e. The van der Waals surface area contributed by atoms with Gasteiger partial charge in [-0.05, 0) is 71.9 Å². The molecule has 0 bridgehead atoms. The van der Waals surface area contributed by atoms with Crippen molar-refractivity contribution in [3.8, 4) is 0 Å². The summed E-state index contributed by atoms with van der Waals surface area (Å²) in [5.41, 5.74) is 12.1. The minimum atomic E-state index is 0. The summed E-state index contributed by atoms with van der Waals surface area (Å²) in [5, 5.41) is 7.74. The quantitative estimate of drug-likeness (QED) is 0.182. The number of hydrogen-bond acceptors (Lipinski definition) is 4. The van der Waals surface area contributed by atoms with Crippen LogP contribution in [0.15, 0.2) is 48.7 Å². The van der Waals surface area contributed by atoms with Gasteiger partial charge in [0.15, 0.2) is 0 Å². The van der Waals surface area contributed by atoms with Crippen LogP contribution >= 0.6 is 0 Å². The van der Waals surface area contributed by atoms with Crippen LogP contribution in [0.5, 0.6) is 0 Å². The third-order valence-electron chi connectivity index (χ3n) is 7.75. The first kappa shape index (κ1) is 34.9. The topological polar surface area (TPSA) is 40.2 Å². The van der Waals surface area contributed by atoms with E-state index >= 15 is 0 Å². The number of aryl methyl sites for hydroxylation is 2. The molecule has 2 N–H and O–H groups in total. The van der Waals surface area contributed by atoms with Gasteiger partial charge in [-0.1, -0.05) is 96.8 Å². The number of pyridine rings is 1. The van der Waals surface area contributed by atoms with Crippen molar-refractivity contribution >= 4 is 11.4 Å². The minimum Gasteiger partial charge on any atom is -0.383 e. The van der Waals surface area contributed by atoms with Gasteiger partial charge in [0, 0.05) is 67.4 Å². The Morgan fingerprint density at radius 2 is 1.02 bits per heavy atom. The van der Waals surface area contributed by atoms with E-state index in [-0.39, 0.29) is 17.1 Å². The van der Waals surface area contributed by atoms with Crippen molar-refractivity contribution in [1.29, 1.82) is 0 Å². The molecule has 1 aromatic heterocycles. The number of benzene rings is 2. The first-order valence-electron chi connectivity index (χ1n) is 15.4. The number of hydrogen-bond donors (Lipinski definition) is 2. The Labute approximate surface area is 261 Å². The summed E-state index contributed by atoms with van der Waals surface area (Å²) in [7, 11) is 0. The second-order valence-corrected chi connectivity index (χ2v) is 12.7. The zero-order valence-electron chi connectivity index (χ0n) is 27.2. The first-order chi connectivity index (χ1) is 19.0. The minimum absolute atomic E-state index is 0. The smallest absolute Gasteiger partial charge is 0.0543 e. The number of nitrogens with zero attached hydrogens (tertiary/aromatic N) is 2. The average molecular weight is 599 g/mol. The van der Waals surface area contributed by atoms with Crippen molar-refractivity contribution in [3.05, 3.63) is 87.7 Å². The average Bonchev–Trinajstić information content (AvgIpc) is 2.89. The Morgan fingerprint density at radius 3 is 1.34 bits per heavy atom. The second kappa shape index (κ2) is 16.3. The Kier molecular flexibility index (Phi) is 13.9. The van der Waals surface area contributed by atoms with E-state index in [0.717, 1.165) is 38.4 Å². The molecule has 41 heavy (non-hydrogen) atoms. The molecular weight excluding hydrogens is 544 g/mol. The molecule has 0 amide bonds. The molecule has 0 unspecified atom stereocenters. The summed E-state index contributed by atoms with van der Waals surface area (Å²) in [5.74, 6) is 1.92. The summed E-state index contributed by atoms with van der Waals surface area (Å²) in [4.78, 5) is 7.16. The Bertz CT molecular complexity index is 1080. The summed E-state index contributed by atoms with van der Waals surface area (Å²) < 4.78 is 0. The zero-order chi connectivity index (χ0) is 29.4. The molecule has 0 saturated heterocycles. The second-order valence-electron chi connectivity index (χ2n) is 12.7. The summed E-state index contributed by atoms with van der Waals surface area (Å²) >= 11 is 0. The molecule has 0 aliphatic carbocycles. The van der Waals surface area contributed by atoms with Gasteiger partial charge in [0.1, 0.15) is 0 Å². The maximum absolute atomic E-state index is 4.64. The van der Waals surface area contributed by atoms with Gasteiger partial charge < -0.3 is 10.6 Å². The van der Waals surface area contributed by atoms with Crippen molar-refractivity contribution < 1.29 is 17.1 Å². The Morgan fingerprint density at radius 1 is 0.634 bits per heavy atom. The van der Waals surface area contributed by atoms with Crippen LogP contribution in [-0.4, -0.2) is 36.1 Å². The number of anilines is 2. The van der Waals surface area contributed by atoms with Gasteiger partial charge in [-0.15, -0.1) is 0 Å². The van der Waals surface area contributed by atoms with Crippen molar-refractivity contribution in [2.24, 2.45) is 0 Å². The molecule has 0 spiro atoms. The third-order valence-corrected chi connectivity index (χ3v) is 7.75. The van der Waals surface area contributed by atoms with Crippen LogP contribution in [0.4, 0.5) is 11.4 Å². The number of rotatable bonds is 14. The van der Waals surface area contributed by atoms with Crippen molar-refractivity contribution in [2.45, 2.75) is 99.5 Å². The molecule has 0 saturated carbocycles. The summed E-state index contributed by atoms with van der Waals surface area (Å²) in [6.45, 7) is 27.3. The van der Waals surface area contributed by atoms with Crippen molar-refractivity contribution in [1.82, 2.24) is 9.88 Å². The molecule has 3 rings (SSSR count). The SMILES string of the molecule is Cc1cc(C(C)C)c(NCCN(CCNc2c(C(C)C)cc(C)cc2C(C)C)Cc2ccccn2)c(C(C)C)c1.[Fe]. The van der Waals surface area contributed by atoms with Crippen molar-refractivity contribution in [3.63, 3.8) is 0 Å². The van der Waals surface area contributed by atoms with E-state index in [0.29, 0.717) is 23.7 Å². The van der Waals surface area contributed by atoms with E-state index in [1.807, 2.05) is 12.3 Å². The van der Waals surface area contributed by atoms with Crippen LogP contribution in [0.2, 0.25) is 0 Å². The molecule has 3 aromatic rings. The maximum Gasteiger partial charge on any atom is 0.0543 e. The summed E-state index contributed by atoms with van der Waals surface area (Å²) in [6, 6.07) is 15.6. The molecule has 0 radical (unpaired) electrons. The predicted molar refractivity (Wildman–Crippen MR) is 175 cm³/mol. The Balaban J connectivity index is 0.00000588. The molecule has 0 aliphatic heterocycles. The van der Waals surface area contributed by atoms with Crippen molar-refractivity contribution in [2.75, 3.05) is 36.8 Å². The monoisotopic (exact) mass is 598 g/mol. The molecule has 0 atom stereocenters. The van der Waals surface area contributed by atoms with Crippen LogP contribution in [0.25, 0.3) is 0 Å². The zero-order valence-corrected chi connectivity index (χ0v) is 28.3. The van der Waals surface area contributed by atoms with Crippen LogP contribution in [-0.2, 0) is 23.6 Å². The third kappa shape index (κ3) is 9.87. The fourth-order valence-electron chi connectivity index (χ4n) is 5.58. The van der Waals surface area contributed by atoms with E-state index in [9.17, 15) is 0 Å². The molecule has 2 aromatic carbocycles. The van der Waals surface area contributed by atoms with Gasteiger partial charge in [-0.3, -0.25) is 9.88 Å². The molecule has 1 heterocycles. The van der Waals surface area contributed by atoms with Gasteiger partial charge in [0.25, 0.3) is 0 Å². The molecule has 226 valence electrons. The summed E-state index contributed by atoms with van der Waals surface area (Å²) in [6.07, 6.45) is 1.90. The Hall–Kier alpha value is -2.33.